The van der Waals surface area contributed by atoms with Crippen molar-refractivity contribution >= 4 is 39.6 Å². The van der Waals surface area contributed by atoms with E-state index in [0.717, 1.165) is 16.8 Å². The number of anilines is 1. The van der Waals surface area contributed by atoms with Crippen LogP contribution in [0.1, 0.15) is 19.4 Å². The molecule has 164 valence electrons. The van der Waals surface area contributed by atoms with Gasteiger partial charge in [-0.25, -0.2) is 14.4 Å². The lowest BCUT2D eigenvalue weighted by Gasteiger charge is -2.18. The number of phenolic OH excluding ortho intramolecular Hbond substituents is 1. The lowest BCUT2D eigenvalue weighted by atomic mass is 10.0. The summed E-state index contributed by atoms with van der Waals surface area (Å²) >= 11 is 2.11. The molecule has 0 radical (unpaired) electrons. The summed E-state index contributed by atoms with van der Waals surface area (Å²) in [6.07, 6.45) is 0.701. The molecule has 2 aromatic heterocycles. The predicted molar refractivity (Wildman–Crippen MR) is 129 cm³/mol. The molecule has 0 unspecified atom stereocenters. The fourth-order valence-electron chi connectivity index (χ4n) is 3.91. The van der Waals surface area contributed by atoms with Crippen molar-refractivity contribution in [3.8, 4) is 22.9 Å². The van der Waals surface area contributed by atoms with Crippen LogP contribution in [0, 0.1) is 9.65 Å². The molecule has 5 rings (SSSR count). The molecular weight excluding hydrogens is 524 g/mol. The maximum atomic E-state index is 13.2. The van der Waals surface area contributed by atoms with Crippen molar-refractivity contribution in [2.24, 2.45) is 0 Å². The Hall–Kier alpha value is -2.95. The monoisotopic (exact) mass is 545 g/mol. The maximum Gasteiger partial charge on any atom is 0.299 e. The highest BCUT2D eigenvalue weighted by Crippen LogP contribution is 2.36. The normalized spacial score (nSPS) is 14.4. The van der Waals surface area contributed by atoms with Gasteiger partial charge in [0.2, 0.25) is 0 Å². The molecule has 0 bridgehead atoms. The van der Waals surface area contributed by atoms with Crippen LogP contribution in [0.4, 0.5) is 10.2 Å². The number of halogens is 2. The van der Waals surface area contributed by atoms with Gasteiger partial charge in [0, 0.05) is 34.7 Å². The summed E-state index contributed by atoms with van der Waals surface area (Å²) in [7, 11) is 0. The van der Waals surface area contributed by atoms with Gasteiger partial charge in [-0.1, -0.05) is 18.2 Å². The van der Waals surface area contributed by atoms with Crippen LogP contribution < -0.4 is 10.1 Å². The molecule has 0 spiro atoms. The van der Waals surface area contributed by atoms with E-state index >= 15 is 0 Å². The van der Waals surface area contributed by atoms with Crippen molar-refractivity contribution in [1.82, 2.24) is 19.5 Å². The van der Waals surface area contributed by atoms with Crippen molar-refractivity contribution in [1.29, 1.82) is 0 Å². The second-order valence-electron chi connectivity index (χ2n) is 8.38. The minimum atomic E-state index is -0.307. The second kappa shape index (κ2) is 7.88. The molecule has 1 aliphatic rings. The highest BCUT2D eigenvalue weighted by Gasteiger charge is 2.36. The van der Waals surface area contributed by atoms with Crippen molar-refractivity contribution in [3.05, 3.63) is 57.7 Å². The Morgan fingerprint density at radius 3 is 2.72 bits per heavy atom. The fraction of sp³-hybridized carbons (Fsp3) is 0.261. The molecule has 9 heteroatoms. The van der Waals surface area contributed by atoms with E-state index in [2.05, 4.69) is 56.7 Å². The van der Waals surface area contributed by atoms with E-state index in [-0.39, 0.29) is 17.1 Å². The van der Waals surface area contributed by atoms with E-state index in [4.69, 9.17) is 4.74 Å². The smallest absolute Gasteiger partial charge is 0.299 e. The van der Waals surface area contributed by atoms with Crippen LogP contribution in [0.2, 0.25) is 0 Å². The first-order valence-corrected chi connectivity index (χ1v) is 11.3. The number of hydrogen-bond donors (Lipinski definition) is 2. The van der Waals surface area contributed by atoms with Crippen LogP contribution in [-0.2, 0) is 12.0 Å². The van der Waals surface area contributed by atoms with E-state index in [1.807, 2.05) is 16.7 Å². The van der Waals surface area contributed by atoms with Gasteiger partial charge >= 0.3 is 0 Å². The summed E-state index contributed by atoms with van der Waals surface area (Å²) in [6.45, 7) is 5.36. The lowest BCUT2D eigenvalue weighted by Crippen LogP contribution is -2.26. The summed E-state index contributed by atoms with van der Waals surface area (Å²) in [5, 5.41) is 13.6. The van der Waals surface area contributed by atoms with Gasteiger partial charge in [0.05, 0.1) is 5.54 Å². The van der Waals surface area contributed by atoms with Crippen LogP contribution in [0.25, 0.3) is 22.3 Å². The Labute approximate surface area is 197 Å². The van der Waals surface area contributed by atoms with E-state index in [0.29, 0.717) is 46.3 Å². The molecule has 1 aliphatic heterocycles. The summed E-state index contributed by atoms with van der Waals surface area (Å²) in [5.74, 6) is 0.521. The van der Waals surface area contributed by atoms with Crippen molar-refractivity contribution in [2.75, 3.05) is 18.5 Å². The number of rotatable bonds is 5. The van der Waals surface area contributed by atoms with Gasteiger partial charge in [0.25, 0.3) is 6.01 Å². The molecule has 0 saturated heterocycles. The second-order valence-corrected chi connectivity index (χ2v) is 9.34. The number of aromatic hydroxyl groups is 1. The summed E-state index contributed by atoms with van der Waals surface area (Å²) in [4.78, 5) is 13.7. The molecule has 0 saturated carbocycles. The van der Waals surface area contributed by atoms with Gasteiger partial charge < -0.3 is 15.2 Å². The van der Waals surface area contributed by atoms with Crippen molar-refractivity contribution in [2.45, 2.75) is 25.8 Å². The molecular formula is C23H21FIN5O2. The van der Waals surface area contributed by atoms with Crippen LogP contribution in [0.3, 0.4) is 0 Å². The number of aromatic nitrogens is 4. The maximum absolute atomic E-state index is 13.2. The molecule has 3 heterocycles. The Kier molecular flexibility index (Phi) is 5.15. The Balaban J connectivity index is 1.37. The van der Waals surface area contributed by atoms with Crippen LogP contribution >= 0.6 is 22.6 Å². The molecule has 0 fully saturated rings. The minimum absolute atomic E-state index is 0.163. The third kappa shape index (κ3) is 3.74. The number of benzene rings is 2. The topological polar surface area (TPSA) is 85.1 Å². The largest absolute Gasteiger partial charge is 0.507 e. The average Bonchev–Trinajstić information content (AvgIpc) is 3.27. The SMILES string of the molecule is CC1(C)COc2nc3c(NCCc4ccc(O)c(-c5ccc(F)cc5)c4)nc(I)nc3n21. The van der Waals surface area contributed by atoms with Crippen molar-refractivity contribution in [3.63, 3.8) is 0 Å². The third-order valence-corrected chi connectivity index (χ3v) is 6.01. The zero-order valence-corrected chi connectivity index (χ0v) is 19.7. The van der Waals surface area contributed by atoms with E-state index in [9.17, 15) is 9.50 Å². The first-order valence-electron chi connectivity index (χ1n) is 10.2. The van der Waals surface area contributed by atoms with Gasteiger partial charge in [-0.05, 0) is 55.7 Å². The zero-order valence-electron chi connectivity index (χ0n) is 17.6. The molecule has 0 amide bonds. The number of fused-ring (bicyclic) bond motifs is 3. The van der Waals surface area contributed by atoms with E-state index in [1.165, 1.54) is 12.1 Å². The van der Waals surface area contributed by atoms with Crippen LogP contribution in [-0.4, -0.2) is 37.8 Å². The predicted octanol–water partition coefficient (Wildman–Crippen LogP) is 4.72. The molecule has 0 aliphatic carbocycles. The highest BCUT2D eigenvalue weighted by atomic mass is 127. The molecule has 4 aromatic rings. The Morgan fingerprint density at radius 1 is 1.16 bits per heavy atom. The fourth-order valence-corrected chi connectivity index (χ4v) is 4.38. The van der Waals surface area contributed by atoms with Crippen LogP contribution in [0.15, 0.2) is 42.5 Å². The first-order chi connectivity index (χ1) is 15.3. The van der Waals surface area contributed by atoms with Crippen LogP contribution in [0.5, 0.6) is 11.8 Å². The molecule has 0 atom stereocenters. The number of nitrogens with zero attached hydrogens (tertiary/aromatic N) is 4. The molecule has 32 heavy (non-hydrogen) atoms. The van der Waals surface area contributed by atoms with Gasteiger partial charge in [-0.15, -0.1) is 0 Å². The summed E-state index contributed by atoms with van der Waals surface area (Å²) in [5.41, 5.74) is 3.69. The zero-order chi connectivity index (χ0) is 22.5. The van der Waals surface area contributed by atoms with Crippen molar-refractivity contribution < 1.29 is 14.2 Å². The molecule has 7 nitrogen and oxygen atoms in total. The van der Waals surface area contributed by atoms with Gasteiger partial charge in [-0.2, -0.15) is 4.98 Å². The Bertz CT molecular complexity index is 1320. The average molecular weight is 545 g/mol. The summed E-state index contributed by atoms with van der Waals surface area (Å²) in [6, 6.07) is 12.1. The third-order valence-electron chi connectivity index (χ3n) is 5.53. The van der Waals surface area contributed by atoms with Gasteiger partial charge in [-0.3, -0.25) is 4.57 Å². The van der Waals surface area contributed by atoms with Gasteiger partial charge in [0.1, 0.15) is 18.2 Å². The summed E-state index contributed by atoms with van der Waals surface area (Å²) < 4.78 is 21.6. The molecule has 2 aromatic carbocycles. The minimum Gasteiger partial charge on any atom is -0.507 e. The number of phenols is 1. The van der Waals surface area contributed by atoms with E-state index < -0.39 is 0 Å². The number of ether oxygens (including phenoxy) is 1. The lowest BCUT2D eigenvalue weighted by molar-refractivity contribution is 0.268. The first kappa shape index (κ1) is 20.9. The Morgan fingerprint density at radius 2 is 1.94 bits per heavy atom. The number of imidazole rings is 1. The quantitative estimate of drug-likeness (QED) is 0.279. The van der Waals surface area contributed by atoms with Gasteiger partial charge in [0.15, 0.2) is 20.8 Å². The highest BCUT2D eigenvalue weighted by molar-refractivity contribution is 14.1. The van der Waals surface area contributed by atoms with E-state index in [1.54, 1.807) is 18.2 Å². The molecule has 2 N–H and O–H groups in total. The standard InChI is InChI=1S/C23H21FIN5O2/c1-23(2)12-32-22-27-18-19(28-21(25)29-20(18)30(22)23)26-10-9-13-3-8-17(31)16(11-13)14-4-6-15(24)7-5-14/h3-8,11,31H,9-10,12H2,1-2H3,(H,26,28,29). The number of nitrogens with one attached hydrogen (secondary N) is 1. The number of hydrogen-bond acceptors (Lipinski definition) is 6.